The number of amides is 1. The van der Waals surface area contributed by atoms with Gasteiger partial charge in [-0.05, 0) is 18.6 Å². The highest BCUT2D eigenvalue weighted by molar-refractivity contribution is 7.89. The van der Waals surface area contributed by atoms with Crippen LogP contribution in [0.4, 0.5) is 0 Å². The number of nitrogens with one attached hydrogen (secondary N) is 3. The third kappa shape index (κ3) is 2.39. The van der Waals surface area contributed by atoms with E-state index in [2.05, 4.69) is 20.0 Å². The van der Waals surface area contributed by atoms with Gasteiger partial charge in [0.05, 0.1) is 0 Å². The van der Waals surface area contributed by atoms with Crippen LogP contribution in [0.1, 0.15) is 12.8 Å². The number of H-pyrrole nitrogens is 1. The van der Waals surface area contributed by atoms with Crippen LogP contribution in [0.5, 0.6) is 0 Å². The fraction of sp³-hybridized carbons (Fsp3) is 0.333. The van der Waals surface area contributed by atoms with Gasteiger partial charge < -0.3 is 10.3 Å². The molecule has 2 aromatic rings. The number of aromatic nitrogens is 2. The van der Waals surface area contributed by atoms with E-state index >= 15 is 0 Å². The summed E-state index contributed by atoms with van der Waals surface area (Å²) >= 11 is 0. The Labute approximate surface area is 115 Å². The molecule has 3 heterocycles. The van der Waals surface area contributed by atoms with Crippen LogP contribution in [-0.2, 0) is 14.8 Å². The summed E-state index contributed by atoms with van der Waals surface area (Å²) in [6.07, 6.45) is 3.87. The maximum Gasteiger partial charge on any atom is 0.243 e. The first kappa shape index (κ1) is 13.1. The Balaban J connectivity index is 1.86. The highest BCUT2D eigenvalue weighted by atomic mass is 32.2. The predicted octanol–water partition coefficient (Wildman–Crippen LogP) is 0.120. The number of sulfonamides is 1. The molecule has 0 aromatic carbocycles. The van der Waals surface area contributed by atoms with E-state index in [0.29, 0.717) is 30.4 Å². The molecule has 3 rings (SSSR count). The minimum atomic E-state index is -3.63. The highest BCUT2D eigenvalue weighted by Crippen LogP contribution is 2.21. The predicted molar refractivity (Wildman–Crippen MR) is 72.4 cm³/mol. The lowest BCUT2D eigenvalue weighted by atomic mass is 10.1. The first-order valence-electron chi connectivity index (χ1n) is 6.27. The zero-order valence-electron chi connectivity index (χ0n) is 10.6. The fourth-order valence-electron chi connectivity index (χ4n) is 2.27. The van der Waals surface area contributed by atoms with Gasteiger partial charge in [-0.3, -0.25) is 4.79 Å². The van der Waals surface area contributed by atoms with E-state index in [1.807, 2.05) is 0 Å². The average molecular weight is 294 g/mol. The molecule has 1 aliphatic rings. The Kier molecular flexibility index (Phi) is 3.19. The summed E-state index contributed by atoms with van der Waals surface area (Å²) in [4.78, 5) is 18.2. The molecule has 106 valence electrons. The second-order valence-corrected chi connectivity index (χ2v) is 6.40. The van der Waals surface area contributed by atoms with Crippen LogP contribution in [0.15, 0.2) is 29.4 Å². The molecular formula is C12H14N4O3S. The molecule has 1 atom stereocenters. The summed E-state index contributed by atoms with van der Waals surface area (Å²) in [6.45, 7) is 0.318. The molecule has 0 radical (unpaired) electrons. The van der Waals surface area contributed by atoms with Gasteiger partial charge in [0.1, 0.15) is 10.5 Å². The minimum Gasteiger partial charge on any atom is -0.355 e. The average Bonchev–Trinajstić information content (AvgIpc) is 2.86. The van der Waals surface area contributed by atoms with Crippen molar-refractivity contribution in [3.8, 4) is 0 Å². The molecule has 1 fully saturated rings. The summed E-state index contributed by atoms with van der Waals surface area (Å²) in [6, 6.07) is 3.12. The maximum absolute atomic E-state index is 12.4. The number of nitrogens with zero attached hydrogens (tertiary/aromatic N) is 1. The van der Waals surface area contributed by atoms with Crippen LogP contribution in [0.25, 0.3) is 11.0 Å². The molecular weight excluding hydrogens is 280 g/mol. The van der Waals surface area contributed by atoms with E-state index in [-0.39, 0.29) is 16.8 Å². The third-order valence-corrected chi connectivity index (χ3v) is 4.85. The Morgan fingerprint density at radius 2 is 2.25 bits per heavy atom. The largest absolute Gasteiger partial charge is 0.355 e. The van der Waals surface area contributed by atoms with Gasteiger partial charge in [0.25, 0.3) is 0 Å². The van der Waals surface area contributed by atoms with Crippen molar-refractivity contribution in [2.45, 2.75) is 23.8 Å². The van der Waals surface area contributed by atoms with Crippen molar-refractivity contribution in [2.75, 3.05) is 6.54 Å². The SMILES string of the molecule is O=C1CCC(NS(=O)(=O)c2c[nH]c3ncccc23)CN1. The number of piperidine rings is 1. The van der Waals surface area contributed by atoms with Crippen LogP contribution < -0.4 is 10.0 Å². The lowest BCUT2D eigenvalue weighted by Crippen LogP contribution is -2.47. The second-order valence-electron chi connectivity index (χ2n) is 4.71. The first-order chi connectivity index (χ1) is 9.56. The lowest BCUT2D eigenvalue weighted by Gasteiger charge is -2.23. The van der Waals surface area contributed by atoms with E-state index in [0.717, 1.165) is 0 Å². The number of pyridine rings is 1. The molecule has 0 bridgehead atoms. The van der Waals surface area contributed by atoms with Crippen molar-refractivity contribution in [2.24, 2.45) is 0 Å². The van der Waals surface area contributed by atoms with E-state index < -0.39 is 10.0 Å². The standard InChI is InChI=1S/C12H14N4O3S/c17-11-4-3-8(6-14-11)16-20(18,19)10-7-15-12-9(10)2-1-5-13-12/h1-2,5,7-8,16H,3-4,6H2,(H,13,15)(H,14,17). The molecule has 0 aliphatic carbocycles. The monoisotopic (exact) mass is 294 g/mol. The molecule has 0 spiro atoms. The molecule has 1 unspecified atom stereocenters. The van der Waals surface area contributed by atoms with Crippen LogP contribution in [-0.4, -0.2) is 36.9 Å². The van der Waals surface area contributed by atoms with E-state index in [4.69, 9.17) is 0 Å². The number of carbonyl (C=O) groups excluding carboxylic acids is 1. The third-order valence-electron chi connectivity index (χ3n) is 3.29. The van der Waals surface area contributed by atoms with Crippen molar-refractivity contribution in [1.29, 1.82) is 0 Å². The Bertz CT molecular complexity index is 743. The van der Waals surface area contributed by atoms with E-state index in [1.54, 1.807) is 18.3 Å². The Morgan fingerprint density at radius 3 is 3.00 bits per heavy atom. The summed E-state index contributed by atoms with van der Waals surface area (Å²) in [7, 11) is -3.63. The molecule has 1 aliphatic heterocycles. The molecule has 1 amide bonds. The number of hydrogen-bond donors (Lipinski definition) is 3. The van der Waals surface area contributed by atoms with Gasteiger partial charge in [-0.15, -0.1) is 0 Å². The molecule has 3 N–H and O–H groups in total. The van der Waals surface area contributed by atoms with Crippen molar-refractivity contribution in [1.82, 2.24) is 20.0 Å². The summed E-state index contributed by atoms with van der Waals surface area (Å²) < 4.78 is 27.4. The van der Waals surface area contributed by atoms with Crippen LogP contribution in [0.3, 0.4) is 0 Å². The second kappa shape index (κ2) is 4.88. The van der Waals surface area contributed by atoms with Gasteiger partial charge in [0.2, 0.25) is 15.9 Å². The van der Waals surface area contributed by atoms with Gasteiger partial charge in [-0.2, -0.15) is 0 Å². The van der Waals surface area contributed by atoms with Crippen LogP contribution in [0.2, 0.25) is 0 Å². The number of aromatic amines is 1. The number of rotatable bonds is 3. The lowest BCUT2D eigenvalue weighted by molar-refractivity contribution is -0.122. The number of carbonyl (C=O) groups is 1. The van der Waals surface area contributed by atoms with E-state index in [1.165, 1.54) is 6.20 Å². The maximum atomic E-state index is 12.4. The van der Waals surface area contributed by atoms with Crippen molar-refractivity contribution in [3.05, 3.63) is 24.5 Å². The molecule has 2 aromatic heterocycles. The van der Waals surface area contributed by atoms with Gasteiger partial charge in [-0.1, -0.05) is 0 Å². The topological polar surface area (TPSA) is 104 Å². The zero-order valence-corrected chi connectivity index (χ0v) is 11.4. The molecule has 8 heteroatoms. The molecule has 1 saturated heterocycles. The fourth-order valence-corrected chi connectivity index (χ4v) is 3.70. The number of hydrogen-bond acceptors (Lipinski definition) is 4. The quantitative estimate of drug-likeness (QED) is 0.748. The normalized spacial score (nSPS) is 20.0. The molecule has 0 saturated carbocycles. The van der Waals surface area contributed by atoms with Crippen molar-refractivity contribution >= 4 is 27.0 Å². The molecule has 7 nitrogen and oxygen atoms in total. The Hall–Kier alpha value is -1.93. The van der Waals surface area contributed by atoms with Gasteiger partial charge in [0, 0.05) is 36.8 Å². The zero-order chi connectivity index (χ0) is 14.2. The highest BCUT2D eigenvalue weighted by Gasteiger charge is 2.26. The van der Waals surface area contributed by atoms with Gasteiger partial charge >= 0.3 is 0 Å². The van der Waals surface area contributed by atoms with Gasteiger partial charge in [-0.25, -0.2) is 18.1 Å². The summed E-state index contributed by atoms with van der Waals surface area (Å²) in [5.74, 6) is -0.0447. The molecule has 20 heavy (non-hydrogen) atoms. The van der Waals surface area contributed by atoms with Crippen molar-refractivity contribution in [3.63, 3.8) is 0 Å². The Morgan fingerprint density at radius 1 is 1.40 bits per heavy atom. The summed E-state index contributed by atoms with van der Waals surface area (Å²) in [5, 5.41) is 3.21. The van der Waals surface area contributed by atoms with E-state index in [9.17, 15) is 13.2 Å². The smallest absolute Gasteiger partial charge is 0.243 e. The number of fused-ring (bicyclic) bond motifs is 1. The van der Waals surface area contributed by atoms with Crippen molar-refractivity contribution < 1.29 is 13.2 Å². The van der Waals surface area contributed by atoms with Crippen LogP contribution >= 0.6 is 0 Å². The summed E-state index contributed by atoms with van der Waals surface area (Å²) in [5.41, 5.74) is 0.532. The minimum absolute atomic E-state index is 0.0447. The van der Waals surface area contributed by atoms with Crippen LogP contribution in [0, 0.1) is 0 Å². The first-order valence-corrected chi connectivity index (χ1v) is 7.76. The van der Waals surface area contributed by atoms with Gasteiger partial charge in [0.15, 0.2) is 0 Å².